The number of aromatic nitrogens is 1. The van der Waals surface area contributed by atoms with Crippen LogP contribution in [-0.2, 0) is 6.54 Å². The zero-order valence-corrected chi connectivity index (χ0v) is 10.8. The van der Waals surface area contributed by atoms with Crippen LogP contribution in [0.3, 0.4) is 0 Å². The molecule has 0 unspecified atom stereocenters. The van der Waals surface area contributed by atoms with Gasteiger partial charge in [-0.1, -0.05) is 13.8 Å². The fourth-order valence-corrected chi connectivity index (χ4v) is 1.80. The van der Waals surface area contributed by atoms with Gasteiger partial charge in [-0.2, -0.15) is 0 Å². The zero-order valence-electron chi connectivity index (χ0n) is 10.8. The SMILES string of the molecule is Cc1cc(CN(C)C)nc(C(C)C)c1C. The minimum absolute atomic E-state index is 0.505. The molecule has 0 amide bonds. The maximum atomic E-state index is 4.73. The molecule has 15 heavy (non-hydrogen) atoms. The molecule has 0 aromatic carbocycles. The number of hydrogen-bond acceptors (Lipinski definition) is 2. The Morgan fingerprint density at radius 3 is 2.33 bits per heavy atom. The summed E-state index contributed by atoms with van der Waals surface area (Å²) < 4.78 is 0. The number of aryl methyl sites for hydroxylation is 1. The molecule has 0 aliphatic rings. The zero-order chi connectivity index (χ0) is 11.6. The molecule has 0 N–H and O–H groups in total. The van der Waals surface area contributed by atoms with Crippen LogP contribution in [0.25, 0.3) is 0 Å². The molecule has 1 aromatic heterocycles. The predicted octanol–water partition coefficient (Wildman–Crippen LogP) is 2.88. The van der Waals surface area contributed by atoms with Crippen LogP contribution in [0.2, 0.25) is 0 Å². The topological polar surface area (TPSA) is 16.1 Å². The second kappa shape index (κ2) is 4.75. The average Bonchev–Trinajstić information content (AvgIpc) is 2.09. The Kier molecular flexibility index (Phi) is 3.86. The van der Waals surface area contributed by atoms with Gasteiger partial charge in [-0.15, -0.1) is 0 Å². The summed E-state index contributed by atoms with van der Waals surface area (Å²) in [6.07, 6.45) is 0. The highest BCUT2D eigenvalue weighted by molar-refractivity contribution is 5.32. The number of hydrogen-bond donors (Lipinski definition) is 0. The summed E-state index contributed by atoms with van der Waals surface area (Å²) in [5, 5.41) is 0. The molecule has 0 aliphatic carbocycles. The maximum absolute atomic E-state index is 4.73. The van der Waals surface area contributed by atoms with Crippen LogP contribution in [0, 0.1) is 13.8 Å². The normalized spacial score (nSPS) is 11.5. The molecule has 0 saturated carbocycles. The molecule has 0 bridgehead atoms. The van der Waals surface area contributed by atoms with Crippen LogP contribution in [0.5, 0.6) is 0 Å². The molecule has 0 saturated heterocycles. The number of nitrogens with zero attached hydrogens (tertiary/aromatic N) is 2. The van der Waals surface area contributed by atoms with E-state index in [0.717, 1.165) is 6.54 Å². The Morgan fingerprint density at radius 2 is 1.87 bits per heavy atom. The van der Waals surface area contributed by atoms with E-state index >= 15 is 0 Å². The van der Waals surface area contributed by atoms with Gasteiger partial charge in [-0.25, -0.2) is 0 Å². The fraction of sp³-hybridized carbons (Fsp3) is 0.615. The first kappa shape index (κ1) is 12.2. The van der Waals surface area contributed by atoms with Crippen LogP contribution in [0.4, 0.5) is 0 Å². The monoisotopic (exact) mass is 206 g/mol. The Bertz CT molecular complexity index is 341. The lowest BCUT2D eigenvalue weighted by atomic mass is 10.00. The molecular weight excluding hydrogens is 184 g/mol. The standard InChI is InChI=1S/C13H22N2/c1-9(2)13-11(4)10(3)7-12(14-13)8-15(5)6/h7,9H,8H2,1-6H3. The highest BCUT2D eigenvalue weighted by Gasteiger charge is 2.09. The average molecular weight is 206 g/mol. The summed E-state index contributed by atoms with van der Waals surface area (Å²) in [6.45, 7) is 9.66. The minimum atomic E-state index is 0.505. The Balaban J connectivity index is 3.11. The van der Waals surface area contributed by atoms with Crippen molar-refractivity contribution < 1.29 is 0 Å². The molecular formula is C13H22N2. The number of pyridine rings is 1. The van der Waals surface area contributed by atoms with Crippen LogP contribution in [0.1, 0.15) is 42.3 Å². The molecule has 84 valence electrons. The van der Waals surface area contributed by atoms with Crippen molar-refractivity contribution in [3.8, 4) is 0 Å². The van der Waals surface area contributed by atoms with Gasteiger partial charge in [0.15, 0.2) is 0 Å². The van der Waals surface area contributed by atoms with Crippen molar-refractivity contribution in [1.82, 2.24) is 9.88 Å². The third kappa shape index (κ3) is 3.03. The smallest absolute Gasteiger partial charge is 0.0550 e. The molecule has 1 aromatic rings. The van der Waals surface area contributed by atoms with Crippen molar-refractivity contribution in [3.63, 3.8) is 0 Å². The molecule has 2 nitrogen and oxygen atoms in total. The third-order valence-corrected chi connectivity index (χ3v) is 2.65. The first-order valence-corrected chi connectivity index (χ1v) is 5.53. The van der Waals surface area contributed by atoms with Gasteiger partial charge in [0.2, 0.25) is 0 Å². The Labute approximate surface area is 93.3 Å². The van der Waals surface area contributed by atoms with Crippen LogP contribution < -0.4 is 0 Å². The number of rotatable bonds is 3. The quantitative estimate of drug-likeness (QED) is 0.756. The van der Waals surface area contributed by atoms with E-state index in [1.165, 1.54) is 22.5 Å². The van der Waals surface area contributed by atoms with Gasteiger partial charge < -0.3 is 4.90 Å². The van der Waals surface area contributed by atoms with Crippen molar-refractivity contribution in [2.75, 3.05) is 14.1 Å². The van der Waals surface area contributed by atoms with Crippen molar-refractivity contribution in [3.05, 3.63) is 28.6 Å². The first-order valence-electron chi connectivity index (χ1n) is 5.53. The van der Waals surface area contributed by atoms with Gasteiger partial charge in [0, 0.05) is 12.2 Å². The summed E-state index contributed by atoms with van der Waals surface area (Å²) in [5.74, 6) is 0.505. The highest BCUT2D eigenvalue weighted by Crippen LogP contribution is 2.20. The molecule has 0 aliphatic heterocycles. The molecule has 2 heteroatoms. The molecule has 1 heterocycles. The minimum Gasteiger partial charge on any atom is -0.304 e. The van der Waals surface area contributed by atoms with E-state index < -0.39 is 0 Å². The Hall–Kier alpha value is -0.890. The van der Waals surface area contributed by atoms with Crippen molar-refractivity contribution >= 4 is 0 Å². The summed E-state index contributed by atoms with van der Waals surface area (Å²) in [5.41, 5.74) is 5.11. The van der Waals surface area contributed by atoms with Gasteiger partial charge in [0.25, 0.3) is 0 Å². The summed E-state index contributed by atoms with van der Waals surface area (Å²) in [7, 11) is 4.15. The van der Waals surface area contributed by atoms with E-state index in [2.05, 4.69) is 52.8 Å². The molecule has 0 atom stereocenters. The van der Waals surface area contributed by atoms with Gasteiger partial charge in [-0.05, 0) is 51.1 Å². The third-order valence-electron chi connectivity index (χ3n) is 2.65. The van der Waals surface area contributed by atoms with Crippen molar-refractivity contribution in [2.45, 2.75) is 40.2 Å². The van der Waals surface area contributed by atoms with Crippen LogP contribution in [-0.4, -0.2) is 24.0 Å². The lowest BCUT2D eigenvalue weighted by Crippen LogP contribution is -2.13. The van der Waals surface area contributed by atoms with Gasteiger partial charge in [-0.3, -0.25) is 4.98 Å². The first-order chi connectivity index (χ1) is 6.91. The highest BCUT2D eigenvalue weighted by atomic mass is 15.1. The van der Waals surface area contributed by atoms with E-state index in [9.17, 15) is 0 Å². The van der Waals surface area contributed by atoms with Gasteiger partial charge in [0.1, 0.15) is 0 Å². The van der Waals surface area contributed by atoms with Gasteiger partial charge >= 0.3 is 0 Å². The molecule has 0 fully saturated rings. The van der Waals surface area contributed by atoms with E-state index in [-0.39, 0.29) is 0 Å². The van der Waals surface area contributed by atoms with E-state index in [1.54, 1.807) is 0 Å². The molecule has 1 rings (SSSR count). The summed E-state index contributed by atoms with van der Waals surface area (Å²) in [6, 6.07) is 2.20. The predicted molar refractivity (Wildman–Crippen MR) is 65.2 cm³/mol. The van der Waals surface area contributed by atoms with Gasteiger partial charge in [0.05, 0.1) is 5.69 Å². The van der Waals surface area contributed by atoms with E-state index in [0.29, 0.717) is 5.92 Å². The van der Waals surface area contributed by atoms with Crippen molar-refractivity contribution in [1.29, 1.82) is 0 Å². The second-order valence-corrected chi connectivity index (χ2v) is 4.83. The second-order valence-electron chi connectivity index (χ2n) is 4.83. The van der Waals surface area contributed by atoms with Crippen LogP contribution in [0.15, 0.2) is 6.07 Å². The maximum Gasteiger partial charge on any atom is 0.0550 e. The van der Waals surface area contributed by atoms with Crippen LogP contribution >= 0.6 is 0 Å². The lowest BCUT2D eigenvalue weighted by Gasteiger charge is -2.16. The fourth-order valence-electron chi connectivity index (χ4n) is 1.80. The van der Waals surface area contributed by atoms with E-state index in [4.69, 9.17) is 4.98 Å². The Morgan fingerprint density at radius 1 is 1.27 bits per heavy atom. The molecule has 0 radical (unpaired) electrons. The lowest BCUT2D eigenvalue weighted by molar-refractivity contribution is 0.396. The summed E-state index contributed by atoms with van der Waals surface area (Å²) >= 11 is 0. The van der Waals surface area contributed by atoms with E-state index in [1.807, 2.05) is 0 Å². The molecule has 0 spiro atoms. The van der Waals surface area contributed by atoms with Crippen molar-refractivity contribution in [2.24, 2.45) is 0 Å². The summed E-state index contributed by atoms with van der Waals surface area (Å²) in [4.78, 5) is 6.89. The largest absolute Gasteiger partial charge is 0.304 e.